The van der Waals surface area contributed by atoms with Crippen molar-refractivity contribution in [1.29, 1.82) is 0 Å². The SMILES string of the molecule is Cc1cccc(-c2cnc(O)c3cc(-c4ccccc4)c(-c4cc[c]cc4)nc23)c1. The van der Waals surface area contributed by atoms with E-state index in [2.05, 4.69) is 42.2 Å². The average Bonchev–Trinajstić information content (AvgIpc) is 2.80. The van der Waals surface area contributed by atoms with Crippen LogP contribution in [-0.2, 0) is 0 Å². The Morgan fingerprint density at radius 2 is 1.53 bits per heavy atom. The maximum absolute atomic E-state index is 10.6. The monoisotopic (exact) mass is 387 g/mol. The van der Waals surface area contributed by atoms with Gasteiger partial charge in [-0.25, -0.2) is 9.97 Å². The van der Waals surface area contributed by atoms with Gasteiger partial charge in [0, 0.05) is 22.9 Å². The molecule has 0 aliphatic heterocycles. The molecule has 5 rings (SSSR count). The van der Waals surface area contributed by atoms with Crippen LogP contribution in [0.3, 0.4) is 0 Å². The number of hydrogen-bond donors (Lipinski definition) is 1. The summed E-state index contributed by atoms with van der Waals surface area (Å²) in [4.78, 5) is 9.34. The second-order valence-corrected chi connectivity index (χ2v) is 7.30. The molecular formula is C27H19N2O. The molecule has 5 aromatic rings. The van der Waals surface area contributed by atoms with E-state index in [-0.39, 0.29) is 5.88 Å². The van der Waals surface area contributed by atoms with Crippen LogP contribution in [0.25, 0.3) is 44.4 Å². The highest BCUT2D eigenvalue weighted by molar-refractivity contribution is 6.00. The Labute approximate surface area is 175 Å². The summed E-state index contributed by atoms with van der Waals surface area (Å²) >= 11 is 0. The van der Waals surface area contributed by atoms with Gasteiger partial charge in [0.2, 0.25) is 5.88 Å². The molecule has 3 nitrogen and oxygen atoms in total. The molecule has 3 heteroatoms. The van der Waals surface area contributed by atoms with E-state index in [9.17, 15) is 5.11 Å². The fraction of sp³-hybridized carbons (Fsp3) is 0.0370. The van der Waals surface area contributed by atoms with Crippen molar-refractivity contribution in [2.24, 2.45) is 0 Å². The molecule has 0 saturated heterocycles. The van der Waals surface area contributed by atoms with E-state index >= 15 is 0 Å². The standard InChI is InChI=1S/C27H19N2O/c1-18-9-8-14-21(15-18)24-17-28-27(30)23-16-22(19-10-4-2-5-11-19)25(29-26(23)24)20-12-6-3-7-13-20/h2,4-17H,1H3,(H,28,30). The van der Waals surface area contributed by atoms with Gasteiger partial charge in [-0.2, -0.15) is 0 Å². The van der Waals surface area contributed by atoms with Gasteiger partial charge in [-0.05, 0) is 30.2 Å². The minimum Gasteiger partial charge on any atom is -0.493 e. The van der Waals surface area contributed by atoms with E-state index in [1.165, 1.54) is 0 Å². The highest BCUT2D eigenvalue weighted by Gasteiger charge is 2.17. The van der Waals surface area contributed by atoms with Crippen LogP contribution in [0.2, 0.25) is 0 Å². The lowest BCUT2D eigenvalue weighted by Gasteiger charge is -2.14. The van der Waals surface area contributed by atoms with Crippen molar-refractivity contribution < 1.29 is 5.11 Å². The Morgan fingerprint density at radius 1 is 0.767 bits per heavy atom. The molecule has 0 unspecified atom stereocenters. The van der Waals surface area contributed by atoms with Crippen molar-refractivity contribution in [3.8, 4) is 39.4 Å². The van der Waals surface area contributed by atoms with E-state index in [0.717, 1.165) is 44.6 Å². The molecule has 1 radical (unpaired) electrons. The zero-order valence-electron chi connectivity index (χ0n) is 16.5. The average molecular weight is 387 g/mol. The van der Waals surface area contributed by atoms with Gasteiger partial charge in [0.25, 0.3) is 0 Å². The van der Waals surface area contributed by atoms with Gasteiger partial charge in [-0.1, -0.05) is 84.4 Å². The number of aromatic nitrogens is 2. The molecule has 0 bridgehead atoms. The number of nitrogens with zero attached hydrogens (tertiary/aromatic N) is 2. The largest absolute Gasteiger partial charge is 0.493 e. The molecule has 2 heterocycles. The summed E-state index contributed by atoms with van der Waals surface area (Å²) in [6.07, 6.45) is 1.70. The molecule has 1 N–H and O–H groups in total. The number of fused-ring (bicyclic) bond motifs is 1. The minimum absolute atomic E-state index is 0.0148. The maximum atomic E-state index is 10.6. The third kappa shape index (κ3) is 3.20. The Kier molecular flexibility index (Phi) is 4.49. The molecule has 0 fully saturated rings. The van der Waals surface area contributed by atoms with E-state index in [4.69, 9.17) is 4.98 Å². The Hall–Kier alpha value is -3.98. The molecule has 0 saturated carbocycles. The summed E-state index contributed by atoms with van der Waals surface area (Å²) in [7, 11) is 0. The molecule has 143 valence electrons. The van der Waals surface area contributed by atoms with Gasteiger partial charge in [0.15, 0.2) is 0 Å². The highest BCUT2D eigenvalue weighted by Crippen LogP contribution is 2.38. The van der Waals surface area contributed by atoms with Crippen molar-refractivity contribution in [2.75, 3.05) is 0 Å². The van der Waals surface area contributed by atoms with Gasteiger partial charge >= 0.3 is 0 Å². The van der Waals surface area contributed by atoms with Crippen LogP contribution >= 0.6 is 0 Å². The molecule has 0 aliphatic rings. The van der Waals surface area contributed by atoms with Crippen LogP contribution in [-0.4, -0.2) is 15.1 Å². The zero-order valence-corrected chi connectivity index (χ0v) is 16.5. The van der Waals surface area contributed by atoms with E-state index in [1.807, 2.05) is 60.7 Å². The highest BCUT2D eigenvalue weighted by atomic mass is 16.3. The number of aryl methyl sites for hydroxylation is 1. The summed E-state index contributed by atoms with van der Waals surface area (Å²) < 4.78 is 0. The normalized spacial score (nSPS) is 11.0. The first kappa shape index (κ1) is 18.1. The van der Waals surface area contributed by atoms with Crippen LogP contribution in [0.5, 0.6) is 5.88 Å². The predicted octanol–water partition coefficient (Wildman–Crippen LogP) is 6.45. The predicted molar refractivity (Wildman–Crippen MR) is 121 cm³/mol. The van der Waals surface area contributed by atoms with Gasteiger partial charge in [0.1, 0.15) is 0 Å². The number of benzene rings is 3. The van der Waals surface area contributed by atoms with Crippen molar-refractivity contribution in [3.05, 3.63) is 103 Å². The van der Waals surface area contributed by atoms with Gasteiger partial charge in [0.05, 0.1) is 16.6 Å². The molecule has 0 aliphatic carbocycles. The molecule has 0 amide bonds. The van der Waals surface area contributed by atoms with Crippen molar-refractivity contribution in [1.82, 2.24) is 9.97 Å². The minimum atomic E-state index is -0.0148. The lowest BCUT2D eigenvalue weighted by atomic mass is 9.96. The van der Waals surface area contributed by atoms with Crippen LogP contribution in [0.1, 0.15) is 5.56 Å². The summed E-state index contributed by atoms with van der Waals surface area (Å²) in [6.45, 7) is 2.06. The Balaban J connectivity index is 1.86. The molecule has 3 aromatic carbocycles. The van der Waals surface area contributed by atoms with Crippen molar-refractivity contribution >= 4 is 10.9 Å². The third-order valence-corrected chi connectivity index (χ3v) is 5.24. The lowest BCUT2D eigenvalue weighted by Crippen LogP contribution is -1.95. The Bertz CT molecular complexity index is 1350. The van der Waals surface area contributed by atoms with Crippen molar-refractivity contribution in [2.45, 2.75) is 6.92 Å². The summed E-state index contributed by atoms with van der Waals surface area (Å²) in [6, 6.07) is 31.2. The molecule has 0 atom stereocenters. The molecule has 2 aromatic heterocycles. The zero-order chi connectivity index (χ0) is 20.5. The first-order valence-corrected chi connectivity index (χ1v) is 9.82. The quantitative estimate of drug-likeness (QED) is 0.387. The number of hydrogen-bond acceptors (Lipinski definition) is 3. The topological polar surface area (TPSA) is 46.0 Å². The Morgan fingerprint density at radius 3 is 2.30 bits per heavy atom. The molecular weight excluding hydrogens is 368 g/mol. The number of aromatic hydroxyl groups is 1. The fourth-order valence-corrected chi connectivity index (χ4v) is 3.77. The van der Waals surface area contributed by atoms with E-state index < -0.39 is 0 Å². The van der Waals surface area contributed by atoms with Crippen LogP contribution < -0.4 is 0 Å². The second kappa shape index (κ2) is 7.45. The van der Waals surface area contributed by atoms with Gasteiger partial charge in [-0.3, -0.25) is 0 Å². The second-order valence-electron chi connectivity index (χ2n) is 7.30. The van der Waals surface area contributed by atoms with Crippen LogP contribution in [0.4, 0.5) is 0 Å². The lowest BCUT2D eigenvalue weighted by molar-refractivity contribution is 0.460. The number of rotatable bonds is 3. The summed E-state index contributed by atoms with van der Waals surface area (Å²) in [5, 5.41) is 11.2. The first-order valence-electron chi connectivity index (χ1n) is 9.82. The van der Waals surface area contributed by atoms with E-state index in [0.29, 0.717) is 5.39 Å². The van der Waals surface area contributed by atoms with Gasteiger partial charge < -0.3 is 5.11 Å². The summed E-state index contributed by atoms with van der Waals surface area (Å²) in [5.41, 5.74) is 7.67. The summed E-state index contributed by atoms with van der Waals surface area (Å²) in [5.74, 6) is -0.0148. The fourth-order valence-electron chi connectivity index (χ4n) is 3.77. The maximum Gasteiger partial charge on any atom is 0.220 e. The van der Waals surface area contributed by atoms with Crippen LogP contribution in [0.15, 0.2) is 91.1 Å². The van der Waals surface area contributed by atoms with E-state index in [1.54, 1.807) is 6.20 Å². The van der Waals surface area contributed by atoms with Crippen molar-refractivity contribution in [3.63, 3.8) is 0 Å². The third-order valence-electron chi connectivity index (χ3n) is 5.24. The molecule has 30 heavy (non-hydrogen) atoms. The van der Waals surface area contributed by atoms with Crippen LogP contribution in [0, 0.1) is 13.0 Å². The first-order chi connectivity index (χ1) is 14.7. The number of pyridine rings is 2. The van der Waals surface area contributed by atoms with Gasteiger partial charge in [-0.15, -0.1) is 0 Å². The molecule has 0 spiro atoms. The smallest absolute Gasteiger partial charge is 0.220 e.